The normalized spacial score (nSPS) is 10.6. The molecule has 0 saturated heterocycles. The molecule has 0 radical (unpaired) electrons. The molecule has 2 aromatic rings. The van der Waals surface area contributed by atoms with E-state index in [1.807, 2.05) is 6.92 Å². The fourth-order valence-corrected chi connectivity index (χ4v) is 2.59. The average molecular weight is 264 g/mol. The quantitative estimate of drug-likeness (QED) is 0.908. The molecule has 1 N–H and O–H groups in total. The molecule has 0 saturated carbocycles. The zero-order valence-corrected chi connectivity index (χ0v) is 11.0. The molecule has 2 aromatic heterocycles. The molecule has 94 valence electrons. The first-order valence-corrected chi connectivity index (χ1v) is 6.04. The fourth-order valence-electron chi connectivity index (χ4n) is 1.60. The Morgan fingerprint density at radius 1 is 1.44 bits per heavy atom. The van der Waals surface area contributed by atoms with Crippen LogP contribution >= 0.6 is 11.8 Å². The number of hydrogen-bond acceptors (Lipinski definition) is 5. The fraction of sp³-hybridized carbons (Fsp3) is 0.273. The molecule has 0 amide bonds. The first kappa shape index (κ1) is 12.6. The Kier molecular flexibility index (Phi) is 3.33. The second kappa shape index (κ2) is 4.77. The van der Waals surface area contributed by atoms with Gasteiger partial charge in [0.2, 0.25) is 0 Å². The van der Waals surface area contributed by atoms with Crippen LogP contribution in [-0.4, -0.2) is 30.8 Å². The number of aryl methyl sites for hydroxylation is 3. The highest BCUT2D eigenvalue weighted by atomic mass is 32.2. The molecule has 0 aliphatic rings. The Bertz CT molecular complexity index is 609. The lowest BCUT2D eigenvalue weighted by Crippen LogP contribution is -2.06. The highest BCUT2D eigenvalue weighted by Gasteiger charge is 2.18. The van der Waals surface area contributed by atoms with Gasteiger partial charge in [-0.3, -0.25) is 0 Å². The van der Waals surface area contributed by atoms with Crippen molar-refractivity contribution in [3.8, 4) is 0 Å². The SMILES string of the molecule is Cc1cc(C)c(C(=O)O)c(Sc2ncnn2C)n1. The molecule has 2 heterocycles. The van der Waals surface area contributed by atoms with E-state index in [9.17, 15) is 9.90 Å². The summed E-state index contributed by atoms with van der Waals surface area (Å²) in [7, 11) is 1.75. The van der Waals surface area contributed by atoms with Gasteiger partial charge in [0.15, 0.2) is 5.16 Å². The number of carboxylic acids is 1. The van der Waals surface area contributed by atoms with Crippen molar-refractivity contribution in [2.24, 2.45) is 7.05 Å². The summed E-state index contributed by atoms with van der Waals surface area (Å²) in [6, 6.07) is 1.75. The van der Waals surface area contributed by atoms with E-state index in [1.54, 1.807) is 24.7 Å². The summed E-state index contributed by atoms with van der Waals surface area (Å²) >= 11 is 1.20. The summed E-state index contributed by atoms with van der Waals surface area (Å²) in [4.78, 5) is 19.6. The first-order chi connectivity index (χ1) is 8.49. The zero-order valence-electron chi connectivity index (χ0n) is 10.2. The van der Waals surface area contributed by atoms with Crippen LogP contribution in [0, 0.1) is 13.8 Å². The molecule has 0 aliphatic carbocycles. The Labute approximate surface area is 108 Å². The average Bonchev–Trinajstić information content (AvgIpc) is 2.62. The van der Waals surface area contributed by atoms with E-state index in [4.69, 9.17) is 0 Å². The van der Waals surface area contributed by atoms with Crippen molar-refractivity contribution < 1.29 is 9.90 Å². The van der Waals surface area contributed by atoms with Crippen molar-refractivity contribution >= 4 is 17.7 Å². The predicted molar refractivity (Wildman–Crippen MR) is 65.8 cm³/mol. The van der Waals surface area contributed by atoms with E-state index in [-0.39, 0.29) is 5.56 Å². The van der Waals surface area contributed by atoms with Gasteiger partial charge in [0.1, 0.15) is 11.4 Å². The number of aromatic carboxylic acids is 1. The third kappa shape index (κ3) is 2.35. The molecule has 0 aromatic carbocycles. The molecule has 0 aliphatic heterocycles. The largest absolute Gasteiger partial charge is 0.478 e. The molecule has 6 nitrogen and oxygen atoms in total. The Morgan fingerprint density at radius 2 is 2.17 bits per heavy atom. The van der Waals surface area contributed by atoms with E-state index in [0.29, 0.717) is 15.7 Å². The Balaban J connectivity index is 2.49. The molecular weight excluding hydrogens is 252 g/mol. The van der Waals surface area contributed by atoms with Gasteiger partial charge in [-0.1, -0.05) is 0 Å². The van der Waals surface area contributed by atoms with Crippen molar-refractivity contribution in [1.82, 2.24) is 19.7 Å². The third-order valence-corrected chi connectivity index (χ3v) is 3.42. The van der Waals surface area contributed by atoms with Gasteiger partial charge in [-0.15, -0.1) is 0 Å². The summed E-state index contributed by atoms with van der Waals surface area (Å²) < 4.78 is 1.58. The molecule has 18 heavy (non-hydrogen) atoms. The third-order valence-electron chi connectivity index (χ3n) is 2.38. The van der Waals surface area contributed by atoms with Gasteiger partial charge in [-0.2, -0.15) is 5.10 Å². The van der Waals surface area contributed by atoms with Crippen LogP contribution in [0.15, 0.2) is 22.6 Å². The maximum atomic E-state index is 11.3. The summed E-state index contributed by atoms with van der Waals surface area (Å²) in [5.74, 6) is -0.982. The number of aromatic nitrogens is 4. The van der Waals surface area contributed by atoms with Crippen LogP contribution in [-0.2, 0) is 7.05 Å². The number of nitrogens with zero attached hydrogens (tertiary/aromatic N) is 4. The lowest BCUT2D eigenvalue weighted by atomic mass is 10.1. The van der Waals surface area contributed by atoms with E-state index in [0.717, 1.165) is 5.69 Å². The van der Waals surface area contributed by atoms with Gasteiger partial charge in [0.05, 0.1) is 5.56 Å². The highest BCUT2D eigenvalue weighted by molar-refractivity contribution is 7.99. The number of carbonyl (C=O) groups is 1. The van der Waals surface area contributed by atoms with E-state index < -0.39 is 5.97 Å². The molecule has 0 unspecified atom stereocenters. The standard InChI is InChI=1S/C11H12N4O2S/c1-6-4-7(2)14-9(8(6)10(16)17)18-11-12-5-13-15(11)3/h4-5H,1-3H3,(H,16,17). The van der Waals surface area contributed by atoms with Gasteiger partial charge in [-0.25, -0.2) is 19.4 Å². The van der Waals surface area contributed by atoms with Crippen LogP contribution in [0.4, 0.5) is 0 Å². The van der Waals surface area contributed by atoms with Crippen LogP contribution in [0.25, 0.3) is 0 Å². The topological polar surface area (TPSA) is 80.9 Å². The lowest BCUT2D eigenvalue weighted by Gasteiger charge is -2.08. The van der Waals surface area contributed by atoms with Crippen molar-refractivity contribution in [3.63, 3.8) is 0 Å². The van der Waals surface area contributed by atoms with E-state index in [1.165, 1.54) is 18.1 Å². The van der Waals surface area contributed by atoms with Crippen molar-refractivity contribution in [3.05, 3.63) is 29.2 Å². The molecule has 0 fully saturated rings. The van der Waals surface area contributed by atoms with Crippen LogP contribution in [0.5, 0.6) is 0 Å². The predicted octanol–water partition coefficient (Wildman–Crippen LogP) is 1.68. The van der Waals surface area contributed by atoms with Crippen molar-refractivity contribution in [2.75, 3.05) is 0 Å². The maximum Gasteiger partial charge on any atom is 0.338 e. The van der Waals surface area contributed by atoms with Crippen LogP contribution in [0.2, 0.25) is 0 Å². The molecule has 7 heteroatoms. The minimum atomic E-state index is -0.982. The summed E-state index contributed by atoms with van der Waals surface area (Å²) in [5, 5.41) is 14.2. The molecule has 0 bridgehead atoms. The van der Waals surface area contributed by atoms with Gasteiger partial charge in [0, 0.05) is 12.7 Å². The number of pyridine rings is 1. The van der Waals surface area contributed by atoms with Crippen molar-refractivity contribution in [1.29, 1.82) is 0 Å². The second-order valence-electron chi connectivity index (χ2n) is 3.83. The number of hydrogen-bond donors (Lipinski definition) is 1. The molecule has 0 spiro atoms. The highest BCUT2D eigenvalue weighted by Crippen LogP contribution is 2.29. The lowest BCUT2D eigenvalue weighted by molar-refractivity contribution is 0.0691. The van der Waals surface area contributed by atoms with Gasteiger partial charge < -0.3 is 5.11 Å². The summed E-state index contributed by atoms with van der Waals surface area (Å²) in [5.41, 5.74) is 1.69. The first-order valence-electron chi connectivity index (χ1n) is 5.22. The van der Waals surface area contributed by atoms with Crippen LogP contribution in [0.1, 0.15) is 21.6 Å². The van der Waals surface area contributed by atoms with E-state index >= 15 is 0 Å². The van der Waals surface area contributed by atoms with Crippen LogP contribution in [0.3, 0.4) is 0 Å². The molecule has 2 rings (SSSR count). The summed E-state index contributed by atoms with van der Waals surface area (Å²) in [6.07, 6.45) is 1.42. The second-order valence-corrected chi connectivity index (χ2v) is 4.79. The molecular formula is C11H12N4O2S. The van der Waals surface area contributed by atoms with Crippen molar-refractivity contribution in [2.45, 2.75) is 24.0 Å². The van der Waals surface area contributed by atoms with Gasteiger partial charge in [-0.05, 0) is 37.2 Å². The summed E-state index contributed by atoms with van der Waals surface area (Å²) in [6.45, 7) is 3.60. The Hall–Kier alpha value is -1.89. The minimum absolute atomic E-state index is 0.216. The zero-order chi connectivity index (χ0) is 13.3. The van der Waals surface area contributed by atoms with Crippen LogP contribution < -0.4 is 0 Å². The maximum absolute atomic E-state index is 11.3. The van der Waals surface area contributed by atoms with Gasteiger partial charge in [0.25, 0.3) is 0 Å². The number of carboxylic acid groups (broad SMARTS) is 1. The molecule has 0 atom stereocenters. The monoisotopic (exact) mass is 264 g/mol. The van der Waals surface area contributed by atoms with Gasteiger partial charge >= 0.3 is 5.97 Å². The smallest absolute Gasteiger partial charge is 0.338 e. The number of rotatable bonds is 3. The minimum Gasteiger partial charge on any atom is -0.478 e. The van der Waals surface area contributed by atoms with E-state index in [2.05, 4.69) is 15.1 Å². The Morgan fingerprint density at radius 3 is 2.72 bits per heavy atom.